The molecule has 1 saturated carbocycles. The van der Waals surface area contributed by atoms with Crippen LogP contribution in [-0.2, 0) is 6.18 Å². The number of hydrogen-bond donors (Lipinski definition) is 1. The third-order valence-electron chi connectivity index (χ3n) is 2.98. The van der Waals surface area contributed by atoms with Crippen molar-refractivity contribution in [2.45, 2.75) is 38.4 Å². The third kappa shape index (κ3) is 3.48. The van der Waals surface area contributed by atoms with Gasteiger partial charge in [-0.2, -0.15) is 13.2 Å². The molecule has 2 rings (SSSR count). The van der Waals surface area contributed by atoms with Crippen LogP contribution in [0.5, 0.6) is 0 Å². The van der Waals surface area contributed by atoms with E-state index in [9.17, 15) is 13.2 Å². The van der Waals surface area contributed by atoms with Gasteiger partial charge in [0.05, 0.1) is 0 Å². The molecular formula is C12H17F3N4. The molecule has 1 aromatic heterocycles. The van der Waals surface area contributed by atoms with Crippen molar-refractivity contribution in [1.29, 1.82) is 0 Å². The van der Waals surface area contributed by atoms with E-state index >= 15 is 0 Å². The summed E-state index contributed by atoms with van der Waals surface area (Å²) in [5.74, 6) is -0.536. The van der Waals surface area contributed by atoms with Gasteiger partial charge < -0.3 is 10.2 Å². The SMILES string of the molecule is CCCNc1cc(N(C)C2CC2)nc(C(F)(F)F)n1. The summed E-state index contributed by atoms with van der Waals surface area (Å²) in [6.45, 7) is 2.52. The zero-order valence-electron chi connectivity index (χ0n) is 11.0. The molecule has 19 heavy (non-hydrogen) atoms. The average molecular weight is 274 g/mol. The van der Waals surface area contributed by atoms with Gasteiger partial charge in [-0.3, -0.25) is 0 Å². The largest absolute Gasteiger partial charge is 0.451 e. The molecule has 0 saturated heterocycles. The van der Waals surface area contributed by atoms with Crippen molar-refractivity contribution in [1.82, 2.24) is 9.97 Å². The number of anilines is 2. The monoisotopic (exact) mass is 274 g/mol. The molecule has 4 nitrogen and oxygen atoms in total. The Hall–Kier alpha value is -1.53. The standard InChI is InChI=1S/C12H17F3N4/c1-3-6-16-9-7-10(19(2)8-4-5-8)18-11(17-9)12(13,14)15/h7-8H,3-6H2,1-2H3,(H,16,17,18). The van der Waals surface area contributed by atoms with Gasteiger partial charge in [0, 0.05) is 25.7 Å². The molecule has 7 heteroatoms. The summed E-state index contributed by atoms with van der Waals surface area (Å²) in [6.07, 6.45) is -1.71. The first-order valence-corrected chi connectivity index (χ1v) is 6.34. The Bertz CT molecular complexity index is 443. The van der Waals surface area contributed by atoms with E-state index in [1.807, 2.05) is 6.92 Å². The van der Waals surface area contributed by atoms with Crippen LogP contribution in [-0.4, -0.2) is 29.6 Å². The average Bonchev–Trinajstić information content (AvgIpc) is 3.18. The van der Waals surface area contributed by atoms with E-state index in [4.69, 9.17) is 0 Å². The van der Waals surface area contributed by atoms with Gasteiger partial charge in [0.15, 0.2) is 0 Å². The Morgan fingerprint density at radius 1 is 1.37 bits per heavy atom. The first-order chi connectivity index (χ1) is 8.91. The molecule has 1 heterocycles. The van der Waals surface area contributed by atoms with Gasteiger partial charge in [0.1, 0.15) is 11.6 Å². The second-order valence-electron chi connectivity index (χ2n) is 4.70. The van der Waals surface area contributed by atoms with Crippen molar-refractivity contribution >= 4 is 11.6 Å². The van der Waals surface area contributed by atoms with E-state index in [2.05, 4.69) is 15.3 Å². The molecule has 1 aliphatic rings. The van der Waals surface area contributed by atoms with E-state index in [0.717, 1.165) is 19.3 Å². The minimum absolute atomic E-state index is 0.228. The van der Waals surface area contributed by atoms with Gasteiger partial charge in [-0.15, -0.1) is 0 Å². The molecule has 0 bridgehead atoms. The van der Waals surface area contributed by atoms with Crippen molar-refractivity contribution < 1.29 is 13.2 Å². The van der Waals surface area contributed by atoms with Gasteiger partial charge in [-0.1, -0.05) is 6.92 Å². The van der Waals surface area contributed by atoms with Crippen molar-refractivity contribution in [3.05, 3.63) is 11.9 Å². The number of nitrogens with one attached hydrogen (secondary N) is 1. The minimum Gasteiger partial charge on any atom is -0.370 e. The summed E-state index contributed by atoms with van der Waals surface area (Å²) in [4.78, 5) is 8.94. The van der Waals surface area contributed by atoms with Crippen LogP contribution >= 0.6 is 0 Å². The summed E-state index contributed by atoms with van der Waals surface area (Å²) in [6, 6.07) is 1.87. The fourth-order valence-corrected chi connectivity index (χ4v) is 1.73. The van der Waals surface area contributed by atoms with Gasteiger partial charge in [0.25, 0.3) is 0 Å². The van der Waals surface area contributed by atoms with E-state index < -0.39 is 12.0 Å². The maximum Gasteiger partial charge on any atom is 0.451 e. The van der Waals surface area contributed by atoms with E-state index in [1.165, 1.54) is 0 Å². The highest BCUT2D eigenvalue weighted by Crippen LogP contribution is 2.33. The molecule has 0 spiro atoms. The van der Waals surface area contributed by atoms with Crippen LogP contribution in [0, 0.1) is 0 Å². The number of halogens is 3. The summed E-state index contributed by atoms with van der Waals surface area (Å²) in [5.41, 5.74) is 0. The molecule has 0 amide bonds. The normalized spacial score (nSPS) is 15.4. The van der Waals surface area contributed by atoms with E-state index in [-0.39, 0.29) is 5.82 Å². The number of alkyl halides is 3. The summed E-state index contributed by atoms with van der Waals surface area (Å²) in [5, 5.41) is 2.88. The Morgan fingerprint density at radius 2 is 2.05 bits per heavy atom. The van der Waals surface area contributed by atoms with Crippen LogP contribution in [0.25, 0.3) is 0 Å². The molecule has 0 aliphatic heterocycles. The second kappa shape index (κ2) is 5.22. The lowest BCUT2D eigenvalue weighted by Crippen LogP contribution is -2.23. The zero-order chi connectivity index (χ0) is 14.0. The molecule has 0 radical (unpaired) electrons. The van der Waals surface area contributed by atoms with Crippen LogP contribution in [0.2, 0.25) is 0 Å². The molecule has 0 unspecified atom stereocenters. The minimum atomic E-state index is -4.52. The molecule has 0 aromatic carbocycles. The number of aromatic nitrogens is 2. The first kappa shape index (κ1) is 13.9. The summed E-state index contributed by atoms with van der Waals surface area (Å²) < 4.78 is 38.3. The van der Waals surface area contributed by atoms with E-state index in [0.29, 0.717) is 18.4 Å². The van der Waals surface area contributed by atoms with Crippen LogP contribution in [0.3, 0.4) is 0 Å². The van der Waals surface area contributed by atoms with Gasteiger partial charge >= 0.3 is 6.18 Å². The topological polar surface area (TPSA) is 41.0 Å². The predicted molar refractivity (Wildman–Crippen MR) is 67.2 cm³/mol. The summed E-state index contributed by atoms with van der Waals surface area (Å²) in [7, 11) is 1.77. The van der Waals surface area contributed by atoms with Crippen LogP contribution < -0.4 is 10.2 Å². The van der Waals surface area contributed by atoms with Gasteiger partial charge in [-0.05, 0) is 19.3 Å². The van der Waals surface area contributed by atoms with Crippen LogP contribution in [0.15, 0.2) is 6.07 Å². The first-order valence-electron chi connectivity index (χ1n) is 6.34. The number of nitrogens with zero attached hydrogens (tertiary/aromatic N) is 3. The predicted octanol–water partition coefficient (Wildman–Crippen LogP) is 2.92. The Balaban J connectivity index is 2.30. The lowest BCUT2D eigenvalue weighted by atomic mass is 10.4. The van der Waals surface area contributed by atoms with E-state index in [1.54, 1.807) is 18.0 Å². The van der Waals surface area contributed by atoms with Gasteiger partial charge in [0.2, 0.25) is 5.82 Å². The molecule has 106 valence electrons. The lowest BCUT2D eigenvalue weighted by molar-refractivity contribution is -0.144. The highest BCUT2D eigenvalue weighted by molar-refractivity contribution is 5.50. The molecule has 0 atom stereocenters. The molecule has 1 N–H and O–H groups in total. The fourth-order valence-electron chi connectivity index (χ4n) is 1.73. The smallest absolute Gasteiger partial charge is 0.370 e. The number of hydrogen-bond acceptors (Lipinski definition) is 4. The maximum absolute atomic E-state index is 12.8. The van der Waals surface area contributed by atoms with Crippen LogP contribution in [0.4, 0.5) is 24.8 Å². The van der Waals surface area contributed by atoms with Crippen molar-refractivity contribution in [3.8, 4) is 0 Å². The Labute approximate surface area is 110 Å². The van der Waals surface area contributed by atoms with Crippen LogP contribution in [0.1, 0.15) is 32.0 Å². The molecular weight excluding hydrogens is 257 g/mol. The molecule has 1 fully saturated rings. The number of rotatable bonds is 5. The maximum atomic E-state index is 12.8. The fraction of sp³-hybridized carbons (Fsp3) is 0.667. The second-order valence-corrected chi connectivity index (χ2v) is 4.70. The van der Waals surface area contributed by atoms with Crippen molar-refractivity contribution in [3.63, 3.8) is 0 Å². The molecule has 1 aliphatic carbocycles. The van der Waals surface area contributed by atoms with Crippen molar-refractivity contribution in [2.24, 2.45) is 0 Å². The third-order valence-corrected chi connectivity index (χ3v) is 2.98. The Morgan fingerprint density at radius 3 is 2.58 bits per heavy atom. The quantitative estimate of drug-likeness (QED) is 0.896. The summed E-state index contributed by atoms with van der Waals surface area (Å²) >= 11 is 0. The highest BCUT2D eigenvalue weighted by Gasteiger charge is 2.36. The lowest BCUT2D eigenvalue weighted by Gasteiger charge is -2.19. The molecule has 1 aromatic rings. The Kier molecular flexibility index (Phi) is 3.82. The van der Waals surface area contributed by atoms with Crippen molar-refractivity contribution in [2.75, 3.05) is 23.8 Å². The zero-order valence-corrected chi connectivity index (χ0v) is 11.0. The highest BCUT2D eigenvalue weighted by atomic mass is 19.4. The van der Waals surface area contributed by atoms with Gasteiger partial charge in [-0.25, -0.2) is 9.97 Å².